The first-order valence-electron chi connectivity index (χ1n) is 4.17. The molecule has 0 aliphatic carbocycles. The van der Waals surface area contributed by atoms with Crippen molar-refractivity contribution in [2.24, 2.45) is 0 Å². The summed E-state index contributed by atoms with van der Waals surface area (Å²) in [7, 11) is 0. The molecule has 0 radical (unpaired) electrons. The molecule has 1 N–H and O–H groups in total. The molecule has 0 aromatic heterocycles. The molecule has 0 fully saturated rings. The highest BCUT2D eigenvalue weighted by molar-refractivity contribution is 5.61. The van der Waals surface area contributed by atoms with Gasteiger partial charge in [0.15, 0.2) is 0 Å². The van der Waals surface area contributed by atoms with Crippen molar-refractivity contribution in [2.75, 3.05) is 6.61 Å². The Bertz CT molecular complexity index is 372. The molecule has 0 saturated heterocycles. The second kappa shape index (κ2) is 4.53. The van der Waals surface area contributed by atoms with Gasteiger partial charge in [-0.3, -0.25) is 10.1 Å². The van der Waals surface area contributed by atoms with Crippen LogP contribution in [0, 0.1) is 17.0 Å². The van der Waals surface area contributed by atoms with Crippen LogP contribution < -0.4 is 0 Å². The Morgan fingerprint density at radius 1 is 1.57 bits per heavy atom. The van der Waals surface area contributed by atoms with Crippen LogP contribution in [-0.4, -0.2) is 16.6 Å². The maximum Gasteiger partial charge on any atom is 0.276 e. The Labute approximate surface area is 81.6 Å². The highest BCUT2D eigenvalue weighted by atomic mass is 16.6. The molecular formula is C10H11NO3. The third kappa shape index (κ3) is 2.40. The van der Waals surface area contributed by atoms with Gasteiger partial charge in [-0.05, 0) is 24.6 Å². The fraction of sp³-hybridized carbons (Fsp3) is 0.200. The molecule has 4 nitrogen and oxygen atoms in total. The fourth-order valence-corrected chi connectivity index (χ4v) is 1.13. The van der Waals surface area contributed by atoms with E-state index in [1.807, 2.05) is 0 Å². The lowest BCUT2D eigenvalue weighted by Gasteiger charge is -1.98. The zero-order valence-corrected chi connectivity index (χ0v) is 7.80. The quantitative estimate of drug-likeness (QED) is 0.589. The van der Waals surface area contributed by atoms with Crippen LogP contribution in [0.15, 0.2) is 24.3 Å². The highest BCUT2D eigenvalue weighted by Gasteiger charge is 2.10. The van der Waals surface area contributed by atoms with E-state index < -0.39 is 4.92 Å². The van der Waals surface area contributed by atoms with Gasteiger partial charge in [0.2, 0.25) is 0 Å². The van der Waals surface area contributed by atoms with Gasteiger partial charge in [0.05, 0.1) is 17.1 Å². The molecule has 0 aliphatic rings. The SMILES string of the molecule is Cc1ccc(/C=C/CO)c([N+](=O)[O-])c1. The van der Waals surface area contributed by atoms with Gasteiger partial charge < -0.3 is 5.11 Å². The molecule has 0 aliphatic heterocycles. The van der Waals surface area contributed by atoms with Crippen molar-refractivity contribution >= 4 is 11.8 Å². The molecule has 14 heavy (non-hydrogen) atoms. The fourth-order valence-electron chi connectivity index (χ4n) is 1.13. The third-order valence-electron chi connectivity index (χ3n) is 1.79. The standard InChI is InChI=1S/C10H11NO3/c1-8-4-5-9(3-2-6-12)10(7-8)11(13)14/h2-5,7,12H,6H2,1H3/b3-2+. The number of aliphatic hydroxyl groups is 1. The summed E-state index contributed by atoms with van der Waals surface area (Å²) in [5.41, 5.74) is 1.42. The first-order chi connectivity index (χ1) is 6.65. The largest absolute Gasteiger partial charge is 0.392 e. The van der Waals surface area contributed by atoms with Crippen molar-refractivity contribution in [1.29, 1.82) is 0 Å². The predicted molar refractivity (Wildman–Crippen MR) is 54.0 cm³/mol. The van der Waals surface area contributed by atoms with Gasteiger partial charge in [-0.2, -0.15) is 0 Å². The molecule has 74 valence electrons. The summed E-state index contributed by atoms with van der Waals surface area (Å²) in [6.07, 6.45) is 3.01. The maximum atomic E-state index is 10.6. The van der Waals surface area contributed by atoms with Crippen LogP contribution in [0.1, 0.15) is 11.1 Å². The van der Waals surface area contributed by atoms with Gasteiger partial charge in [-0.1, -0.05) is 12.1 Å². The highest BCUT2D eigenvalue weighted by Crippen LogP contribution is 2.21. The summed E-state index contributed by atoms with van der Waals surface area (Å²) >= 11 is 0. The minimum absolute atomic E-state index is 0.0645. The Balaban J connectivity index is 3.15. The predicted octanol–water partition coefficient (Wildman–Crippen LogP) is 1.91. The second-order valence-electron chi connectivity index (χ2n) is 2.90. The van der Waals surface area contributed by atoms with Gasteiger partial charge in [0, 0.05) is 6.07 Å². The van der Waals surface area contributed by atoms with Gasteiger partial charge >= 0.3 is 0 Å². The summed E-state index contributed by atoms with van der Waals surface area (Å²) in [6, 6.07) is 4.97. The molecule has 0 spiro atoms. The number of hydrogen-bond acceptors (Lipinski definition) is 3. The second-order valence-corrected chi connectivity index (χ2v) is 2.90. The maximum absolute atomic E-state index is 10.6. The van der Waals surface area contributed by atoms with Crippen molar-refractivity contribution in [3.8, 4) is 0 Å². The summed E-state index contributed by atoms with van der Waals surface area (Å²) in [4.78, 5) is 10.2. The summed E-state index contributed by atoms with van der Waals surface area (Å²) in [5.74, 6) is 0. The molecule has 0 unspecified atom stereocenters. The molecule has 0 saturated carbocycles. The van der Waals surface area contributed by atoms with Crippen LogP contribution in [0.3, 0.4) is 0 Å². The minimum atomic E-state index is -0.427. The van der Waals surface area contributed by atoms with Crippen molar-refractivity contribution in [2.45, 2.75) is 6.92 Å². The van der Waals surface area contributed by atoms with E-state index in [-0.39, 0.29) is 12.3 Å². The number of benzene rings is 1. The van der Waals surface area contributed by atoms with E-state index in [2.05, 4.69) is 0 Å². The number of nitro groups is 1. The van der Waals surface area contributed by atoms with E-state index in [9.17, 15) is 10.1 Å². The van der Waals surface area contributed by atoms with E-state index in [1.54, 1.807) is 19.1 Å². The van der Waals surface area contributed by atoms with Gasteiger partial charge in [-0.25, -0.2) is 0 Å². The van der Waals surface area contributed by atoms with Crippen LogP contribution in [0.25, 0.3) is 6.08 Å². The summed E-state index contributed by atoms with van der Waals surface area (Å²) in [6.45, 7) is 1.68. The molecule has 1 aromatic carbocycles. The van der Waals surface area contributed by atoms with Gasteiger partial charge in [0.25, 0.3) is 5.69 Å². The van der Waals surface area contributed by atoms with E-state index in [1.165, 1.54) is 18.2 Å². The van der Waals surface area contributed by atoms with Crippen LogP contribution in [0.4, 0.5) is 5.69 Å². The Morgan fingerprint density at radius 3 is 2.86 bits per heavy atom. The smallest absolute Gasteiger partial charge is 0.276 e. The van der Waals surface area contributed by atoms with Crippen LogP contribution in [0.5, 0.6) is 0 Å². The minimum Gasteiger partial charge on any atom is -0.392 e. The lowest BCUT2D eigenvalue weighted by molar-refractivity contribution is -0.385. The third-order valence-corrected chi connectivity index (χ3v) is 1.79. The van der Waals surface area contributed by atoms with Crippen molar-refractivity contribution in [1.82, 2.24) is 0 Å². The number of rotatable bonds is 3. The van der Waals surface area contributed by atoms with E-state index in [0.717, 1.165) is 5.56 Å². The van der Waals surface area contributed by atoms with E-state index in [4.69, 9.17) is 5.11 Å². The molecule has 0 amide bonds. The van der Waals surface area contributed by atoms with E-state index >= 15 is 0 Å². The van der Waals surface area contributed by atoms with Gasteiger partial charge in [-0.15, -0.1) is 0 Å². The zero-order chi connectivity index (χ0) is 10.6. The molecule has 0 heterocycles. The zero-order valence-electron chi connectivity index (χ0n) is 7.80. The lowest BCUT2D eigenvalue weighted by atomic mass is 10.1. The summed E-state index contributed by atoms with van der Waals surface area (Å²) in [5, 5.41) is 19.2. The average Bonchev–Trinajstić information content (AvgIpc) is 2.15. The number of nitro benzene ring substituents is 1. The Morgan fingerprint density at radius 2 is 2.29 bits per heavy atom. The van der Waals surface area contributed by atoms with Crippen LogP contribution >= 0.6 is 0 Å². The molecule has 0 bridgehead atoms. The van der Waals surface area contributed by atoms with Crippen molar-refractivity contribution in [3.63, 3.8) is 0 Å². The molecule has 1 aromatic rings. The van der Waals surface area contributed by atoms with E-state index in [0.29, 0.717) is 5.56 Å². The normalized spacial score (nSPS) is 10.7. The van der Waals surface area contributed by atoms with Crippen molar-refractivity contribution in [3.05, 3.63) is 45.5 Å². The van der Waals surface area contributed by atoms with Crippen LogP contribution in [0.2, 0.25) is 0 Å². The van der Waals surface area contributed by atoms with Gasteiger partial charge in [0.1, 0.15) is 0 Å². The first kappa shape index (κ1) is 10.4. The number of nitrogens with zero attached hydrogens (tertiary/aromatic N) is 1. The lowest BCUT2D eigenvalue weighted by Crippen LogP contribution is -1.92. The Hall–Kier alpha value is -1.68. The molecular weight excluding hydrogens is 182 g/mol. The monoisotopic (exact) mass is 193 g/mol. The molecule has 0 atom stereocenters. The number of aliphatic hydroxyl groups excluding tert-OH is 1. The topological polar surface area (TPSA) is 63.4 Å². The molecule has 1 rings (SSSR count). The Kier molecular flexibility index (Phi) is 3.36. The number of hydrogen-bond donors (Lipinski definition) is 1. The first-order valence-corrected chi connectivity index (χ1v) is 4.17. The molecule has 4 heteroatoms. The number of aryl methyl sites for hydroxylation is 1. The average molecular weight is 193 g/mol. The van der Waals surface area contributed by atoms with Crippen molar-refractivity contribution < 1.29 is 10.0 Å². The summed E-state index contributed by atoms with van der Waals surface area (Å²) < 4.78 is 0. The van der Waals surface area contributed by atoms with Crippen LogP contribution in [-0.2, 0) is 0 Å².